The minimum Gasteiger partial charge on any atom is -0.454 e. The van der Waals surface area contributed by atoms with Gasteiger partial charge < -0.3 is 15.4 Å². The smallest absolute Gasteiger partial charge is 0.329 e. The number of ether oxygens (including phenoxy) is 1. The standard InChI is InChI=1S/C23H25N3O4/c1-16(2)22(26-20(27)14-18-6-4-3-5-7-18)23(29)30-15-21(28)25-19-10-8-17(9-11-19)12-13-24/h3-11,16,22H,12,14-15H2,1-2H3,(H,25,28)(H,26,27)/t22-/m0/s1. The minimum absolute atomic E-state index is 0.152. The largest absolute Gasteiger partial charge is 0.454 e. The zero-order valence-corrected chi connectivity index (χ0v) is 17.1. The number of nitriles is 1. The molecule has 2 aromatic carbocycles. The Labute approximate surface area is 176 Å². The average molecular weight is 407 g/mol. The molecule has 0 aliphatic carbocycles. The molecule has 156 valence electrons. The molecule has 0 bridgehead atoms. The topological polar surface area (TPSA) is 108 Å². The van der Waals surface area contributed by atoms with Gasteiger partial charge >= 0.3 is 5.97 Å². The molecule has 0 aliphatic rings. The third-order valence-corrected chi connectivity index (χ3v) is 4.31. The van der Waals surface area contributed by atoms with Crippen LogP contribution in [0, 0.1) is 17.2 Å². The maximum atomic E-state index is 12.4. The number of amides is 2. The van der Waals surface area contributed by atoms with Gasteiger partial charge in [-0.3, -0.25) is 9.59 Å². The Kier molecular flexibility index (Phi) is 8.57. The molecular formula is C23H25N3O4. The van der Waals surface area contributed by atoms with Gasteiger partial charge in [-0.2, -0.15) is 5.26 Å². The summed E-state index contributed by atoms with van der Waals surface area (Å²) in [5.74, 6) is -1.65. The van der Waals surface area contributed by atoms with Crippen LogP contribution in [0.2, 0.25) is 0 Å². The molecule has 2 aromatic rings. The van der Waals surface area contributed by atoms with Crippen LogP contribution >= 0.6 is 0 Å². The summed E-state index contributed by atoms with van der Waals surface area (Å²) in [4.78, 5) is 36.7. The van der Waals surface area contributed by atoms with Crippen LogP contribution in [-0.2, 0) is 32.0 Å². The molecule has 0 fully saturated rings. The second-order valence-corrected chi connectivity index (χ2v) is 7.14. The first-order valence-electron chi connectivity index (χ1n) is 9.64. The van der Waals surface area contributed by atoms with Gasteiger partial charge in [-0.1, -0.05) is 56.3 Å². The van der Waals surface area contributed by atoms with Crippen molar-refractivity contribution < 1.29 is 19.1 Å². The number of nitrogens with zero attached hydrogens (tertiary/aromatic N) is 1. The number of anilines is 1. The van der Waals surface area contributed by atoms with Crippen molar-refractivity contribution in [2.45, 2.75) is 32.7 Å². The number of hydrogen-bond donors (Lipinski definition) is 2. The Hall–Kier alpha value is -3.66. The Morgan fingerprint density at radius 2 is 1.63 bits per heavy atom. The van der Waals surface area contributed by atoms with Crippen molar-refractivity contribution in [3.05, 3.63) is 65.7 Å². The van der Waals surface area contributed by atoms with Crippen LogP contribution in [0.4, 0.5) is 5.69 Å². The van der Waals surface area contributed by atoms with E-state index >= 15 is 0 Å². The monoisotopic (exact) mass is 407 g/mol. The van der Waals surface area contributed by atoms with Gasteiger partial charge in [-0.05, 0) is 29.2 Å². The number of esters is 1. The lowest BCUT2D eigenvalue weighted by Gasteiger charge is -2.20. The first kappa shape index (κ1) is 22.6. The quantitative estimate of drug-likeness (QED) is 0.621. The van der Waals surface area contributed by atoms with Crippen LogP contribution in [0.15, 0.2) is 54.6 Å². The van der Waals surface area contributed by atoms with Gasteiger partial charge in [0.05, 0.1) is 18.9 Å². The third-order valence-electron chi connectivity index (χ3n) is 4.31. The third kappa shape index (κ3) is 7.40. The Morgan fingerprint density at radius 1 is 0.967 bits per heavy atom. The van der Waals surface area contributed by atoms with Gasteiger partial charge in [0.15, 0.2) is 6.61 Å². The van der Waals surface area contributed by atoms with Gasteiger partial charge in [-0.25, -0.2) is 4.79 Å². The molecular weight excluding hydrogens is 382 g/mol. The number of nitrogens with one attached hydrogen (secondary N) is 2. The normalized spacial score (nSPS) is 11.3. The molecule has 0 aliphatic heterocycles. The summed E-state index contributed by atoms with van der Waals surface area (Å²) in [5.41, 5.74) is 2.22. The summed E-state index contributed by atoms with van der Waals surface area (Å²) in [6.07, 6.45) is 0.443. The number of hydrogen-bond acceptors (Lipinski definition) is 5. The Balaban J connectivity index is 1.84. The number of carbonyl (C=O) groups is 3. The summed E-state index contributed by atoms with van der Waals surface area (Å²) in [6.45, 7) is 3.12. The van der Waals surface area contributed by atoms with Crippen molar-refractivity contribution in [3.8, 4) is 6.07 Å². The molecule has 0 aromatic heterocycles. The molecule has 0 spiro atoms. The maximum Gasteiger partial charge on any atom is 0.329 e. The lowest BCUT2D eigenvalue weighted by atomic mass is 10.0. The predicted molar refractivity (Wildman–Crippen MR) is 112 cm³/mol. The van der Waals surface area contributed by atoms with Crippen molar-refractivity contribution in [2.75, 3.05) is 11.9 Å². The molecule has 30 heavy (non-hydrogen) atoms. The number of rotatable bonds is 9. The van der Waals surface area contributed by atoms with E-state index in [2.05, 4.69) is 10.6 Å². The lowest BCUT2D eigenvalue weighted by molar-refractivity contribution is -0.151. The SMILES string of the molecule is CC(C)[C@H](NC(=O)Cc1ccccc1)C(=O)OCC(=O)Nc1ccc(CC#N)cc1. The van der Waals surface area contributed by atoms with E-state index in [-0.39, 0.29) is 18.2 Å². The van der Waals surface area contributed by atoms with Crippen LogP contribution in [-0.4, -0.2) is 30.4 Å². The van der Waals surface area contributed by atoms with Crippen LogP contribution in [0.3, 0.4) is 0 Å². The second kappa shape index (κ2) is 11.4. The highest BCUT2D eigenvalue weighted by atomic mass is 16.5. The van der Waals surface area contributed by atoms with Crippen LogP contribution in [0.5, 0.6) is 0 Å². The fraction of sp³-hybridized carbons (Fsp3) is 0.304. The molecule has 1 atom stereocenters. The van der Waals surface area contributed by atoms with Crippen molar-refractivity contribution in [1.82, 2.24) is 5.32 Å². The lowest BCUT2D eigenvalue weighted by Crippen LogP contribution is -2.46. The molecule has 0 radical (unpaired) electrons. The summed E-state index contributed by atoms with van der Waals surface area (Å²) in [5, 5.41) is 14.0. The van der Waals surface area contributed by atoms with E-state index in [1.165, 1.54) is 0 Å². The molecule has 0 unspecified atom stereocenters. The molecule has 2 rings (SSSR count). The molecule has 7 nitrogen and oxygen atoms in total. The van der Waals surface area contributed by atoms with E-state index in [9.17, 15) is 14.4 Å². The Morgan fingerprint density at radius 3 is 2.23 bits per heavy atom. The van der Waals surface area contributed by atoms with E-state index in [4.69, 9.17) is 10.00 Å². The van der Waals surface area contributed by atoms with E-state index < -0.39 is 24.5 Å². The number of benzene rings is 2. The molecule has 0 saturated carbocycles. The molecule has 0 heterocycles. The van der Waals surface area contributed by atoms with Crippen LogP contribution < -0.4 is 10.6 Å². The second-order valence-electron chi connectivity index (χ2n) is 7.14. The van der Waals surface area contributed by atoms with Crippen molar-refractivity contribution in [1.29, 1.82) is 5.26 Å². The van der Waals surface area contributed by atoms with E-state index in [1.807, 2.05) is 36.4 Å². The molecule has 7 heteroatoms. The van der Waals surface area contributed by atoms with Gasteiger partial charge in [0.2, 0.25) is 5.91 Å². The molecule has 0 saturated heterocycles. The fourth-order valence-electron chi connectivity index (χ4n) is 2.72. The number of carbonyl (C=O) groups excluding carboxylic acids is 3. The van der Waals surface area contributed by atoms with Crippen molar-refractivity contribution in [3.63, 3.8) is 0 Å². The van der Waals surface area contributed by atoms with E-state index in [0.29, 0.717) is 12.1 Å². The molecule has 2 amide bonds. The first-order chi connectivity index (χ1) is 14.4. The highest BCUT2D eigenvalue weighted by molar-refractivity contribution is 5.93. The highest BCUT2D eigenvalue weighted by Gasteiger charge is 2.26. The first-order valence-corrected chi connectivity index (χ1v) is 9.64. The fourth-order valence-corrected chi connectivity index (χ4v) is 2.72. The summed E-state index contributed by atoms with van der Waals surface area (Å²) in [6, 6.07) is 17.2. The average Bonchev–Trinajstić information content (AvgIpc) is 2.72. The van der Waals surface area contributed by atoms with E-state index in [0.717, 1.165) is 11.1 Å². The van der Waals surface area contributed by atoms with Gasteiger partial charge in [0.1, 0.15) is 6.04 Å². The van der Waals surface area contributed by atoms with Gasteiger partial charge in [0.25, 0.3) is 5.91 Å². The minimum atomic E-state index is -0.848. The Bertz CT molecular complexity index is 902. The molecule has 2 N–H and O–H groups in total. The zero-order chi connectivity index (χ0) is 21.9. The van der Waals surface area contributed by atoms with Crippen LogP contribution in [0.1, 0.15) is 25.0 Å². The zero-order valence-electron chi connectivity index (χ0n) is 17.1. The summed E-state index contributed by atoms with van der Waals surface area (Å²) in [7, 11) is 0. The van der Waals surface area contributed by atoms with Gasteiger partial charge in [-0.15, -0.1) is 0 Å². The maximum absolute atomic E-state index is 12.4. The predicted octanol–water partition coefficient (Wildman–Crippen LogP) is 2.62. The summed E-state index contributed by atoms with van der Waals surface area (Å²) < 4.78 is 5.10. The van der Waals surface area contributed by atoms with E-state index in [1.54, 1.807) is 38.1 Å². The highest BCUT2D eigenvalue weighted by Crippen LogP contribution is 2.10. The van der Waals surface area contributed by atoms with Crippen molar-refractivity contribution >= 4 is 23.5 Å². The van der Waals surface area contributed by atoms with Crippen LogP contribution in [0.25, 0.3) is 0 Å². The van der Waals surface area contributed by atoms with Crippen molar-refractivity contribution in [2.24, 2.45) is 5.92 Å². The van der Waals surface area contributed by atoms with Gasteiger partial charge in [0, 0.05) is 5.69 Å². The summed E-state index contributed by atoms with van der Waals surface area (Å²) >= 11 is 0.